The Balaban J connectivity index is 1.19. The highest BCUT2D eigenvalue weighted by molar-refractivity contribution is 5.94. The van der Waals surface area contributed by atoms with E-state index in [9.17, 15) is 4.79 Å². The maximum atomic E-state index is 12.7. The number of rotatable bonds is 5. The Morgan fingerprint density at radius 3 is 2.60 bits per heavy atom. The smallest absolute Gasteiger partial charge is 0.270 e. The Hall–Kier alpha value is -2.14. The van der Waals surface area contributed by atoms with Gasteiger partial charge in [-0.15, -0.1) is 0 Å². The normalized spacial score (nSPS) is 28.0. The number of likely N-dealkylation sites (tertiary alicyclic amines) is 1. The maximum Gasteiger partial charge on any atom is 0.270 e. The molecule has 1 saturated heterocycles. The standard InChI is InChI=1S/C20H24N4O/c1-23-19(15(9-21-23)14-7-8-14)20(25)22-18-16-11-24(12-17(16)18)10-13-5-3-2-4-6-13/h2-6,9,14,16-18H,7-8,10-12H2,1H3,(H,22,25)/t16-,17+,18?. The van der Waals surface area contributed by atoms with Crippen LogP contribution in [0.5, 0.6) is 0 Å². The van der Waals surface area contributed by atoms with Crippen molar-refractivity contribution in [3.05, 3.63) is 53.3 Å². The summed E-state index contributed by atoms with van der Waals surface area (Å²) in [5.41, 5.74) is 3.28. The van der Waals surface area contributed by atoms with Crippen LogP contribution in [0.15, 0.2) is 36.5 Å². The molecule has 2 saturated carbocycles. The molecule has 0 spiro atoms. The molecule has 2 aliphatic carbocycles. The molecule has 1 amide bonds. The topological polar surface area (TPSA) is 50.2 Å². The van der Waals surface area contributed by atoms with Crippen LogP contribution in [0.1, 0.15) is 40.4 Å². The van der Waals surface area contributed by atoms with Crippen LogP contribution in [-0.2, 0) is 13.6 Å². The molecule has 1 aliphatic heterocycles. The maximum absolute atomic E-state index is 12.7. The zero-order valence-corrected chi connectivity index (χ0v) is 14.6. The van der Waals surface area contributed by atoms with Crippen LogP contribution in [0.3, 0.4) is 0 Å². The lowest BCUT2D eigenvalue weighted by Gasteiger charge is -2.20. The van der Waals surface area contributed by atoms with Gasteiger partial charge in [0.15, 0.2) is 0 Å². The van der Waals surface area contributed by atoms with Crippen LogP contribution < -0.4 is 5.32 Å². The second kappa shape index (κ2) is 5.70. The molecular weight excluding hydrogens is 312 g/mol. The van der Waals surface area contributed by atoms with Gasteiger partial charge in [-0.25, -0.2) is 0 Å². The van der Waals surface area contributed by atoms with Gasteiger partial charge < -0.3 is 5.32 Å². The average Bonchev–Trinajstić information content (AvgIpc) is 3.47. The number of piperidine rings is 1. The van der Waals surface area contributed by atoms with Crippen LogP contribution in [0.4, 0.5) is 0 Å². The third-order valence-corrected chi connectivity index (χ3v) is 6.02. The highest BCUT2D eigenvalue weighted by Gasteiger charge is 2.56. The zero-order valence-electron chi connectivity index (χ0n) is 14.6. The van der Waals surface area contributed by atoms with Crippen molar-refractivity contribution in [2.75, 3.05) is 13.1 Å². The van der Waals surface area contributed by atoms with Gasteiger partial charge in [0.2, 0.25) is 0 Å². The number of hydrogen-bond donors (Lipinski definition) is 1. The monoisotopic (exact) mass is 336 g/mol. The van der Waals surface area contributed by atoms with E-state index in [1.807, 2.05) is 13.2 Å². The highest BCUT2D eigenvalue weighted by Crippen LogP contribution is 2.46. The average molecular weight is 336 g/mol. The van der Waals surface area contributed by atoms with Gasteiger partial charge >= 0.3 is 0 Å². The number of hydrogen-bond acceptors (Lipinski definition) is 3. The lowest BCUT2D eigenvalue weighted by Crippen LogP contribution is -2.35. The van der Waals surface area contributed by atoms with Crippen LogP contribution >= 0.6 is 0 Å². The Bertz CT molecular complexity index is 783. The fraction of sp³-hybridized carbons (Fsp3) is 0.500. The minimum absolute atomic E-state index is 0.0657. The second-order valence-electron chi connectivity index (χ2n) is 7.85. The lowest BCUT2D eigenvalue weighted by atomic mass is 10.1. The molecular formula is C20H24N4O. The number of carbonyl (C=O) groups excluding carboxylic acids is 1. The molecule has 1 aromatic carbocycles. The molecule has 2 aromatic rings. The number of aromatic nitrogens is 2. The second-order valence-corrected chi connectivity index (χ2v) is 7.85. The third-order valence-electron chi connectivity index (χ3n) is 6.02. The zero-order chi connectivity index (χ0) is 17.0. The SMILES string of the molecule is Cn1ncc(C2CC2)c1C(=O)NC1[C@H]2CN(Cc3ccccc3)C[C@@H]12. The first kappa shape index (κ1) is 15.1. The summed E-state index contributed by atoms with van der Waals surface area (Å²) in [6.07, 6.45) is 4.26. The summed E-state index contributed by atoms with van der Waals surface area (Å²) in [6.45, 7) is 3.19. The van der Waals surface area contributed by atoms with E-state index in [-0.39, 0.29) is 5.91 Å². The predicted molar refractivity (Wildman–Crippen MR) is 95.1 cm³/mol. The molecule has 0 radical (unpaired) electrons. The number of carbonyl (C=O) groups is 1. The number of nitrogens with one attached hydrogen (secondary N) is 1. The summed E-state index contributed by atoms with van der Waals surface area (Å²) in [5.74, 6) is 1.85. The predicted octanol–water partition coefficient (Wildman–Crippen LogP) is 2.16. The largest absolute Gasteiger partial charge is 0.347 e. The summed E-state index contributed by atoms with van der Waals surface area (Å²) >= 11 is 0. The number of nitrogens with zero attached hydrogens (tertiary/aromatic N) is 3. The molecule has 25 heavy (non-hydrogen) atoms. The molecule has 130 valence electrons. The van der Waals surface area contributed by atoms with E-state index in [2.05, 4.69) is 45.6 Å². The number of amides is 1. The van der Waals surface area contributed by atoms with Gasteiger partial charge in [0.05, 0.1) is 6.20 Å². The molecule has 5 rings (SSSR count). The van der Waals surface area contributed by atoms with E-state index in [1.165, 1.54) is 18.4 Å². The molecule has 5 nitrogen and oxygen atoms in total. The van der Waals surface area contributed by atoms with E-state index in [0.717, 1.165) is 30.9 Å². The highest BCUT2D eigenvalue weighted by atomic mass is 16.2. The van der Waals surface area contributed by atoms with Gasteiger partial charge in [-0.2, -0.15) is 5.10 Å². The van der Waals surface area contributed by atoms with Crippen molar-refractivity contribution < 1.29 is 4.79 Å². The summed E-state index contributed by atoms with van der Waals surface area (Å²) in [7, 11) is 1.87. The summed E-state index contributed by atoms with van der Waals surface area (Å²) in [4.78, 5) is 15.3. The van der Waals surface area contributed by atoms with Crippen molar-refractivity contribution in [1.82, 2.24) is 20.0 Å². The minimum atomic E-state index is 0.0657. The van der Waals surface area contributed by atoms with E-state index < -0.39 is 0 Å². The molecule has 3 atom stereocenters. The van der Waals surface area contributed by atoms with E-state index in [1.54, 1.807) is 4.68 Å². The summed E-state index contributed by atoms with van der Waals surface area (Å²) < 4.78 is 1.74. The van der Waals surface area contributed by atoms with Crippen LogP contribution in [0.25, 0.3) is 0 Å². The molecule has 1 aromatic heterocycles. The Kier molecular flexibility index (Phi) is 3.45. The first-order chi connectivity index (χ1) is 12.2. The Labute approximate surface area is 148 Å². The van der Waals surface area contributed by atoms with Crippen LogP contribution in [0, 0.1) is 11.8 Å². The van der Waals surface area contributed by atoms with E-state index in [4.69, 9.17) is 0 Å². The van der Waals surface area contributed by atoms with E-state index in [0.29, 0.717) is 23.8 Å². The van der Waals surface area contributed by atoms with Crippen molar-refractivity contribution in [2.45, 2.75) is 31.3 Å². The Morgan fingerprint density at radius 1 is 1.20 bits per heavy atom. The minimum Gasteiger partial charge on any atom is -0.347 e. The number of fused-ring (bicyclic) bond motifs is 1. The van der Waals surface area contributed by atoms with Gasteiger partial charge in [-0.1, -0.05) is 30.3 Å². The molecule has 2 heterocycles. The molecule has 0 bridgehead atoms. The van der Waals surface area contributed by atoms with Crippen molar-refractivity contribution in [3.8, 4) is 0 Å². The quantitative estimate of drug-likeness (QED) is 0.910. The summed E-state index contributed by atoms with van der Waals surface area (Å²) in [5, 5.41) is 7.59. The first-order valence-corrected chi connectivity index (χ1v) is 9.30. The van der Waals surface area contributed by atoms with Crippen molar-refractivity contribution >= 4 is 5.91 Å². The van der Waals surface area contributed by atoms with Crippen LogP contribution in [-0.4, -0.2) is 39.7 Å². The fourth-order valence-electron chi connectivity index (χ4n) is 4.44. The summed E-state index contributed by atoms with van der Waals surface area (Å²) in [6, 6.07) is 11.0. The molecule has 1 N–H and O–H groups in total. The molecule has 1 unspecified atom stereocenters. The third kappa shape index (κ3) is 2.76. The van der Waals surface area contributed by atoms with Crippen molar-refractivity contribution in [3.63, 3.8) is 0 Å². The van der Waals surface area contributed by atoms with Crippen molar-refractivity contribution in [1.29, 1.82) is 0 Å². The molecule has 5 heteroatoms. The van der Waals surface area contributed by atoms with E-state index >= 15 is 0 Å². The molecule has 3 fully saturated rings. The lowest BCUT2D eigenvalue weighted by molar-refractivity contribution is 0.0932. The van der Waals surface area contributed by atoms with Gasteiger partial charge in [-0.3, -0.25) is 14.4 Å². The van der Waals surface area contributed by atoms with Gasteiger partial charge in [0, 0.05) is 38.3 Å². The van der Waals surface area contributed by atoms with Crippen LogP contribution in [0.2, 0.25) is 0 Å². The van der Waals surface area contributed by atoms with Gasteiger partial charge in [-0.05, 0) is 36.2 Å². The fourth-order valence-corrected chi connectivity index (χ4v) is 4.44. The van der Waals surface area contributed by atoms with Crippen molar-refractivity contribution in [2.24, 2.45) is 18.9 Å². The Morgan fingerprint density at radius 2 is 1.92 bits per heavy atom. The first-order valence-electron chi connectivity index (χ1n) is 9.30. The molecule has 3 aliphatic rings. The number of benzene rings is 1. The van der Waals surface area contributed by atoms with Gasteiger partial charge in [0.1, 0.15) is 5.69 Å². The van der Waals surface area contributed by atoms with Gasteiger partial charge in [0.25, 0.3) is 5.91 Å². The number of aryl methyl sites for hydroxylation is 1.